The van der Waals surface area contributed by atoms with Crippen LogP contribution in [0.25, 0.3) is 0 Å². The largest absolute Gasteiger partial charge is 0.317 e. The van der Waals surface area contributed by atoms with E-state index < -0.39 is 0 Å². The van der Waals surface area contributed by atoms with Crippen molar-refractivity contribution < 1.29 is 0 Å². The molecule has 0 bridgehead atoms. The first kappa shape index (κ1) is 13.6. The number of fused-ring (bicyclic) bond motifs is 1. The van der Waals surface area contributed by atoms with E-state index in [1.54, 1.807) is 10.4 Å². The van der Waals surface area contributed by atoms with Crippen LogP contribution in [0.15, 0.2) is 11.4 Å². The maximum atomic E-state index is 3.53. The van der Waals surface area contributed by atoms with Crippen LogP contribution in [0.3, 0.4) is 0 Å². The summed E-state index contributed by atoms with van der Waals surface area (Å²) in [5.41, 5.74) is 2.19. The molecule has 2 aliphatic rings. The number of hydrogen-bond acceptors (Lipinski definition) is 3. The van der Waals surface area contributed by atoms with Crippen LogP contribution in [0, 0.1) is 5.41 Å². The number of hydrogen-bond donors (Lipinski definition) is 1. The molecule has 1 aromatic rings. The van der Waals surface area contributed by atoms with Crippen LogP contribution >= 0.6 is 11.3 Å². The lowest BCUT2D eigenvalue weighted by atomic mass is 9.74. The molecule has 3 heterocycles. The van der Waals surface area contributed by atoms with Gasteiger partial charge in [-0.2, -0.15) is 0 Å². The number of nitrogens with zero attached hydrogens (tertiary/aromatic N) is 1. The summed E-state index contributed by atoms with van der Waals surface area (Å²) in [7, 11) is 0. The SMILES string of the molecule is CCCC1(CN2CCc3sccc3C2)CCNCC1. The number of rotatable bonds is 4. The van der Waals surface area contributed by atoms with Gasteiger partial charge in [0.05, 0.1) is 0 Å². The molecule has 1 fully saturated rings. The van der Waals surface area contributed by atoms with Gasteiger partial charge in [0, 0.05) is 24.5 Å². The summed E-state index contributed by atoms with van der Waals surface area (Å²) in [6.45, 7) is 8.56. The standard InChI is InChI=1S/C16H26N2S/c1-2-5-16(6-8-17-9-7-16)13-18-10-3-15-14(12-18)4-11-19-15/h4,11,17H,2-3,5-10,12-13H2,1H3. The minimum absolute atomic E-state index is 0.591. The minimum atomic E-state index is 0.591. The van der Waals surface area contributed by atoms with Crippen molar-refractivity contribution in [3.8, 4) is 0 Å². The molecule has 1 aromatic heterocycles. The Labute approximate surface area is 121 Å². The lowest BCUT2D eigenvalue weighted by molar-refractivity contribution is 0.0932. The van der Waals surface area contributed by atoms with E-state index >= 15 is 0 Å². The second-order valence-corrected chi connectivity index (χ2v) is 7.33. The van der Waals surface area contributed by atoms with Gasteiger partial charge in [0.2, 0.25) is 0 Å². The highest BCUT2D eigenvalue weighted by Gasteiger charge is 2.33. The van der Waals surface area contributed by atoms with Crippen molar-refractivity contribution in [1.82, 2.24) is 10.2 Å². The van der Waals surface area contributed by atoms with E-state index in [-0.39, 0.29) is 0 Å². The van der Waals surface area contributed by atoms with Crippen LogP contribution in [0.2, 0.25) is 0 Å². The van der Waals surface area contributed by atoms with Crippen LogP contribution in [0.4, 0.5) is 0 Å². The summed E-state index contributed by atoms with van der Waals surface area (Å²) >= 11 is 1.95. The maximum absolute atomic E-state index is 3.53. The van der Waals surface area contributed by atoms with Crippen molar-refractivity contribution >= 4 is 11.3 Å². The molecule has 3 rings (SSSR count). The maximum Gasteiger partial charge on any atom is 0.0245 e. The van der Waals surface area contributed by atoms with E-state index in [1.165, 1.54) is 64.8 Å². The predicted octanol–water partition coefficient (Wildman–Crippen LogP) is 3.28. The van der Waals surface area contributed by atoms with E-state index in [0.29, 0.717) is 5.41 Å². The molecular formula is C16H26N2S. The van der Waals surface area contributed by atoms with Gasteiger partial charge in [0.15, 0.2) is 0 Å². The first-order valence-corrected chi connectivity index (χ1v) is 8.68. The second kappa shape index (κ2) is 5.94. The van der Waals surface area contributed by atoms with Crippen LogP contribution in [0.1, 0.15) is 43.0 Å². The summed E-state index contributed by atoms with van der Waals surface area (Å²) in [4.78, 5) is 4.35. The molecular weight excluding hydrogens is 252 g/mol. The highest BCUT2D eigenvalue weighted by molar-refractivity contribution is 7.10. The topological polar surface area (TPSA) is 15.3 Å². The Hall–Kier alpha value is -0.380. The van der Waals surface area contributed by atoms with Gasteiger partial charge in [-0.15, -0.1) is 11.3 Å². The van der Waals surface area contributed by atoms with Crippen LogP contribution < -0.4 is 5.32 Å². The lowest BCUT2D eigenvalue weighted by Gasteiger charge is -2.42. The molecule has 0 aliphatic carbocycles. The molecule has 0 aromatic carbocycles. The molecule has 1 saturated heterocycles. The van der Waals surface area contributed by atoms with E-state index in [9.17, 15) is 0 Å². The molecule has 0 radical (unpaired) electrons. The number of piperidine rings is 1. The fraction of sp³-hybridized carbons (Fsp3) is 0.750. The predicted molar refractivity (Wildman–Crippen MR) is 82.7 cm³/mol. The molecule has 2 nitrogen and oxygen atoms in total. The fourth-order valence-corrected chi connectivity index (χ4v) is 4.78. The fourth-order valence-electron chi connectivity index (χ4n) is 3.89. The average Bonchev–Trinajstić information content (AvgIpc) is 2.87. The number of thiophene rings is 1. The zero-order valence-electron chi connectivity index (χ0n) is 12.1. The molecule has 106 valence electrons. The third-order valence-corrected chi connectivity index (χ3v) is 5.91. The highest BCUT2D eigenvalue weighted by atomic mass is 32.1. The average molecular weight is 278 g/mol. The second-order valence-electron chi connectivity index (χ2n) is 6.33. The molecule has 1 N–H and O–H groups in total. The molecule has 0 amide bonds. The Kier molecular flexibility index (Phi) is 4.25. The van der Waals surface area contributed by atoms with Gasteiger partial charge in [0.25, 0.3) is 0 Å². The Balaban J connectivity index is 1.66. The zero-order valence-corrected chi connectivity index (χ0v) is 12.9. The molecule has 0 spiro atoms. The highest BCUT2D eigenvalue weighted by Crippen LogP contribution is 2.36. The van der Waals surface area contributed by atoms with Crippen molar-refractivity contribution in [3.05, 3.63) is 21.9 Å². The quantitative estimate of drug-likeness (QED) is 0.909. The molecule has 3 heteroatoms. The van der Waals surface area contributed by atoms with E-state index in [2.05, 4.69) is 28.6 Å². The van der Waals surface area contributed by atoms with Gasteiger partial charge < -0.3 is 5.32 Å². The molecule has 0 saturated carbocycles. The van der Waals surface area contributed by atoms with Crippen LogP contribution in [-0.4, -0.2) is 31.1 Å². The zero-order chi connectivity index (χ0) is 13.1. The summed E-state index contributed by atoms with van der Waals surface area (Å²) in [6, 6.07) is 2.33. The monoisotopic (exact) mass is 278 g/mol. The van der Waals surface area contributed by atoms with Gasteiger partial charge >= 0.3 is 0 Å². The molecule has 0 unspecified atom stereocenters. The van der Waals surface area contributed by atoms with Crippen molar-refractivity contribution in [2.24, 2.45) is 5.41 Å². The van der Waals surface area contributed by atoms with Crippen LogP contribution in [0.5, 0.6) is 0 Å². The summed E-state index contributed by atoms with van der Waals surface area (Å²) in [5, 5.41) is 5.79. The van der Waals surface area contributed by atoms with Gasteiger partial charge in [-0.3, -0.25) is 4.90 Å². The van der Waals surface area contributed by atoms with E-state index in [4.69, 9.17) is 0 Å². The first-order valence-electron chi connectivity index (χ1n) is 7.80. The normalized spacial score (nSPS) is 23.2. The third kappa shape index (κ3) is 3.04. The summed E-state index contributed by atoms with van der Waals surface area (Å²) in [5.74, 6) is 0. The third-order valence-electron chi connectivity index (χ3n) is 4.89. The first-order chi connectivity index (χ1) is 9.31. The van der Waals surface area contributed by atoms with Crippen molar-refractivity contribution in [2.75, 3.05) is 26.2 Å². The van der Waals surface area contributed by atoms with Gasteiger partial charge in [-0.25, -0.2) is 0 Å². The van der Waals surface area contributed by atoms with Crippen molar-refractivity contribution in [3.63, 3.8) is 0 Å². The molecule has 0 atom stereocenters. The Morgan fingerprint density at radius 2 is 2.21 bits per heavy atom. The molecule has 2 aliphatic heterocycles. The van der Waals surface area contributed by atoms with Gasteiger partial charge in [-0.05, 0) is 61.2 Å². The Morgan fingerprint density at radius 1 is 1.37 bits per heavy atom. The Bertz CT molecular complexity index is 401. The number of nitrogens with one attached hydrogen (secondary N) is 1. The van der Waals surface area contributed by atoms with Crippen molar-refractivity contribution in [2.45, 2.75) is 45.6 Å². The van der Waals surface area contributed by atoms with E-state index in [0.717, 1.165) is 0 Å². The van der Waals surface area contributed by atoms with Crippen LogP contribution in [-0.2, 0) is 13.0 Å². The minimum Gasteiger partial charge on any atom is -0.317 e. The Morgan fingerprint density at radius 3 is 3.00 bits per heavy atom. The van der Waals surface area contributed by atoms with Gasteiger partial charge in [0.1, 0.15) is 0 Å². The summed E-state index contributed by atoms with van der Waals surface area (Å²) < 4.78 is 0. The smallest absolute Gasteiger partial charge is 0.0245 e. The summed E-state index contributed by atoms with van der Waals surface area (Å²) in [6.07, 6.45) is 6.74. The van der Waals surface area contributed by atoms with Crippen molar-refractivity contribution in [1.29, 1.82) is 0 Å². The molecule has 19 heavy (non-hydrogen) atoms. The van der Waals surface area contributed by atoms with Gasteiger partial charge in [-0.1, -0.05) is 13.3 Å². The van der Waals surface area contributed by atoms with E-state index in [1.807, 2.05) is 11.3 Å². The lowest BCUT2D eigenvalue weighted by Crippen LogP contribution is -2.45.